The molecule has 0 atom stereocenters. The second kappa shape index (κ2) is 5.58. The third kappa shape index (κ3) is 3.29. The normalized spacial score (nSPS) is 10.6. The van der Waals surface area contributed by atoms with Gasteiger partial charge in [-0.25, -0.2) is 4.39 Å². The molecule has 2 N–H and O–H groups in total. The van der Waals surface area contributed by atoms with E-state index in [9.17, 15) is 4.39 Å². The summed E-state index contributed by atoms with van der Waals surface area (Å²) >= 11 is 0. The van der Waals surface area contributed by atoms with Crippen LogP contribution in [0.2, 0.25) is 0 Å². The Balaban J connectivity index is 2.86. The number of halogens is 1. The molecule has 4 heteroatoms. The minimum Gasteiger partial charge on any atom is -0.491 e. The van der Waals surface area contributed by atoms with Crippen LogP contribution >= 0.6 is 0 Å². The SMILES string of the molecule is CCOc1cc(OCC(C)C)c(N)cc1F. The van der Waals surface area contributed by atoms with E-state index in [0.717, 1.165) is 0 Å². The average molecular weight is 227 g/mol. The number of ether oxygens (including phenoxy) is 2. The van der Waals surface area contributed by atoms with Gasteiger partial charge in [0, 0.05) is 12.1 Å². The number of hydrogen-bond acceptors (Lipinski definition) is 3. The molecule has 0 aliphatic carbocycles. The smallest absolute Gasteiger partial charge is 0.167 e. The van der Waals surface area contributed by atoms with Crippen LogP contribution in [0.5, 0.6) is 11.5 Å². The van der Waals surface area contributed by atoms with Crippen LogP contribution in [0.4, 0.5) is 10.1 Å². The highest BCUT2D eigenvalue weighted by molar-refractivity contribution is 5.56. The predicted molar refractivity (Wildman–Crippen MR) is 62.3 cm³/mol. The first-order chi connectivity index (χ1) is 7.54. The van der Waals surface area contributed by atoms with E-state index in [-0.39, 0.29) is 5.75 Å². The van der Waals surface area contributed by atoms with Gasteiger partial charge in [0.05, 0.1) is 18.9 Å². The summed E-state index contributed by atoms with van der Waals surface area (Å²) in [5.41, 5.74) is 5.95. The lowest BCUT2D eigenvalue weighted by Gasteiger charge is -2.13. The fourth-order valence-electron chi connectivity index (χ4n) is 1.20. The predicted octanol–water partition coefficient (Wildman–Crippen LogP) is 2.84. The third-order valence-corrected chi connectivity index (χ3v) is 1.94. The summed E-state index contributed by atoms with van der Waals surface area (Å²) in [5.74, 6) is 0.574. The molecule has 0 radical (unpaired) electrons. The largest absolute Gasteiger partial charge is 0.491 e. The van der Waals surface area contributed by atoms with E-state index in [1.54, 1.807) is 6.92 Å². The standard InChI is InChI=1S/C12H18FNO2/c1-4-15-11-6-12(16-7-8(2)3)10(14)5-9(11)13/h5-6,8H,4,7,14H2,1-3H3. The highest BCUT2D eigenvalue weighted by Gasteiger charge is 2.10. The maximum atomic E-state index is 13.4. The fourth-order valence-corrected chi connectivity index (χ4v) is 1.20. The van der Waals surface area contributed by atoms with Gasteiger partial charge in [0.15, 0.2) is 11.6 Å². The molecule has 0 aliphatic heterocycles. The zero-order valence-electron chi connectivity index (χ0n) is 9.92. The maximum absolute atomic E-state index is 13.4. The van der Waals surface area contributed by atoms with Crippen molar-refractivity contribution in [1.82, 2.24) is 0 Å². The second-order valence-corrected chi connectivity index (χ2v) is 3.96. The van der Waals surface area contributed by atoms with Gasteiger partial charge in [0.1, 0.15) is 5.75 Å². The molecule has 0 heterocycles. The summed E-state index contributed by atoms with van der Waals surface area (Å²) < 4.78 is 24.0. The van der Waals surface area contributed by atoms with E-state index in [4.69, 9.17) is 15.2 Å². The molecule has 1 rings (SSSR count). The number of nitrogens with two attached hydrogens (primary N) is 1. The van der Waals surface area contributed by atoms with Crippen molar-refractivity contribution >= 4 is 5.69 Å². The van der Waals surface area contributed by atoms with Gasteiger partial charge in [0.2, 0.25) is 0 Å². The number of hydrogen-bond donors (Lipinski definition) is 1. The quantitative estimate of drug-likeness (QED) is 0.787. The number of rotatable bonds is 5. The molecule has 3 nitrogen and oxygen atoms in total. The lowest BCUT2D eigenvalue weighted by atomic mass is 10.2. The van der Waals surface area contributed by atoms with Crippen LogP contribution in [0.25, 0.3) is 0 Å². The van der Waals surface area contributed by atoms with Gasteiger partial charge in [-0.1, -0.05) is 13.8 Å². The van der Waals surface area contributed by atoms with E-state index in [2.05, 4.69) is 0 Å². The molecular weight excluding hydrogens is 209 g/mol. The Morgan fingerprint density at radius 2 is 1.94 bits per heavy atom. The van der Waals surface area contributed by atoms with Crippen molar-refractivity contribution in [1.29, 1.82) is 0 Å². The molecule has 0 unspecified atom stereocenters. The lowest BCUT2D eigenvalue weighted by molar-refractivity contribution is 0.267. The summed E-state index contributed by atoms with van der Waals surface area (Å²) in [6.07, 6.45) is 0. The van der Waals surface area contributed by atoms with Gasteiger partial charge in [-0.2, -0.15) is 0 Å². The zero-order chi connectivity index (χ0) is 12.1. The first-order valence-electron chi connectivity index (χ1n) is 5.39. The molecule has 0 spiro atoms. The van der Waals surface area contributed by atoms with Gasteiger partial charge in [-0.3, -0.25) is 0 Å². The minimum absolute atomic E-state index is 0.176. The van der Waals surface area contributed by atoms with E-state index >= 15 is 0 Å². The molecular formula is C12H18FNO2. The topological polar surface area (TPSA) is 44.5 Å². The minimum atomic E-state index is -0.462. The fraction of sp³-hybridized carbons (Fsp3) is 0.500. The van der Waals surface area contributed by atoms with Gasteiger partial charge < -0.3 is 15.2 Å². The van der Waals surface area contributed by atoms with E-state index in [1.165, 1.54) is 12.1 Å². The molecule has 16 heavy (non-hydrogen) atoms. The zero-order valence-corrected chi connectivity index (χ0v) is 9.92. The van der Waals surface area contributed by atoms with Crippen LogP contribution in [0, 0.1) is 11.7 Å². The van der Waals surface area contributed by atoms with E-state index in [0.29, 0.717) is 30.6 Å². The van der Waals surface area contributed by atoms with Crippen LogP contribution in [-0.2, 0) is 0 Å². The van der Waals surface area contributed by atoms with Crippen molar-refractivity contribution in [2.75, 3.05) is 18.9 Å². The van der Waals surface area contributed by atoms with Crippen LogP contribution < -0.4 is 15.2 Å². The number of anilines is 1. The van der Waals surface area contributed by atoms with Gasteiger partial charge >= 0.3 is 0 Å². The Labute approximate surface area is 95.4 Å². The molecule has 0 fully saturated rings. The van der Waals surface area contributed by atoms with Crippen molar-refractivity contribution in [2.24, 2.45) is 5.92 Å². The van der Waals surface area contributed by atoms with E-state index < -0.39 is 5.82 Å². The van der Waals surface area contributed by atoms with Crippen LogP contribution in [-0.4, -0.2) is 13.2 Å². The molecule has 0 saturated heterocycles. The summed E-state index contributed by atoms with van der Waals surface area (Å²) in [6, 6.07) is 2.72. The summed E-state index contributed by atoms with van der Waals surface area (Å²) in [5, 5.41) is 0. The molecule has 90 valence electrons. The molecule has 0 aliphatic rings. The van der Waals surface area contributed by atoms with Crippen molar-refractivity contribution in [3.05, 3.63) is 17.9 Å². The molecule has 0 aromatic heterocycles. The Bertz CT molecular complexity index is 353. The Morgan fingerprint density at radius 3 is 2.50 bits per heavy atom. The van der Waals surface area contributed by atoms with Crippen molar-refractivity contribution in [3.8, 4) is 11.5 Å². The van der Waals surface area contributed by atoms with Crippen LogP contribution in [0.3, 0.4) is 0 Å². The molecule has 0 saturated carbocycles. The first kappa shape index (κ1) is 12.6. The lowest BCUT2D eigenvalue weighted by Crippen LogP contribution is -2.07. The second-order valence-electron chi connectivity index (χ2n) is 3.96. The average Bonchev–Trinajstić information content (AvgIpc) is 2.20. The van der Waals surface area contributed by atoms with Gasteiger partial charge in [-0.15, -0.1) is 0 Å². The Kier molecular flexibility index (Phi) is 4.40. The molecule has 0 amide bonds. The van der Waals surface area contributed by atoms with Crippen LogP contribution in [0.1, 0.15) is 20.8 Å². The molecule has 1 aromatic carbocycles. The summed E-state index contributed by atoms with van der Waals surface area (Å²) in [6.45, 7) is 6.81. The highest BCUT2D eigenvalue weighted by Crippen LogP contribution is 2.30. The van der Waals surface area contributed by atoms with Gasteiger partial charge in [-0.05, 0) is 12.8 Å². The van der Waals surface area contributed by atoms with Crippen molar-refractivity contribution in [2.45, 2.75) is 20.8 Å². The Morgan fingerprint density at radius 1 is 1.25 bits per heavy atom. The summed E-state index contributed by atoms with van der Waals surface area (Å²) in [4.78, 5) is 0. The van der Waals surface area contributed by atoms with Crippen molar-refractivity contribution in [3.63, 3.8) is 0 Å². The third-order valence-electron chi connectivity index (χ3n) is 1.94. The van der Waals surface area contributed by atoms with Crippen LogP contribution in [0.15, 0.2) is 12.1 Å². The maximum Gasteiger partial charge on any atom is 0.167 e. The van der Waals surface area contributed by atoms with E-state index in [1.807, 2.05) is 13.8 Å². The molecule has 1 aromatic rings. The van der Waals surface area contributed by atoms with Gasteiger partial charge in [0.25, 0.3) is 0 Å². The number of nitrogen functional groups attached to an aromatic ring is 1. The number of benzene rings is 1. The summed E-state index contributed by atoms with van der Waals surface area (Å²) in [7, 11) is 0. The molecule has 0 bridgehead atoms. The van der Waals surface area contributed by atoms with Crippen molar-refractivity contribution < 1.29 is 13.9 Å². The first-order valence-corrected chi connectivity index (χ1v) is 5.39. The Hall–Kier alpha value is -1.45. The highest BCUT2D eigenvalue weighted by atomic mass is 19.1. The monoisotopic (exact) mass is 227 g/mol.